The number of phenolic OH excluding ortho intramolecular Hbond substituents is 1. The number of aliphatic hydroxyl groups excluding tert-OH is 2. The molecule has 2 aromatic rings. The minimum Gasteiger partial charge on any atom is -0.508 e. The van der Waals surface area contributed by atoms with Gasteiger partial charge in [-0.15, -0.1) is 0 Å². The lowest BCUT2D eigenvalue weighted by Crippen LogP contribution is -2.65. The summed E-state index contributed by atoms with van der Waals surface area (Å²) in [6, 6.07) is 2.75. The van der Waals surface area contributed by atoms with Crippen LogP contribution in [-0.4, -0.2) is 82.6 Å². The topological polar surface area (TPSA) is 178 Å². The molecule has 43 heavy (non-hydrogen) atoms. The van der Waals surface area contributed by atoms with Crippen molar-refractivity contribution in [3.05, 3.63) is 62.8 Å². The Hall–Kier alpha value is -4.09. The lowest BCUT2D eigenvalue weighted by atomic mass is 9.57. The summed E-state index contributed by atoms with van der Waals surface area (Å²) in [7, 11) is 6.85. The van der Waals surface area contributed by atoms with Crippen molar-refractivity contribution in [2.75, 3.05) is 33.1 Å². The first-order valence-corrected chi connectivity index (χ1v) is 14.4. The Morgan fingerprint density at radius 2 is 1.77 bits per heavy atom. The molecule has 6 N–H and O–H groups in total. The highest BCUT2D eigenvalue weighted by Gasteiger charge is 2.64. The van der Waals surface area contributed by atoms with E-state index in [1.54, 1.807) is 14.1 Å². The molecule has 3 aliphatic rings. The fraction of sp³-hybridized carbons (Fsp3) is 0.469. The molecule has 0 aliphatic heterocycles. The maximum absolute atomic E-state index is 14.1. The standard InChI is InChI=1S/C32H39N3O8/c1-14-10-18(43-15(14)2)9-7-8-16-13-21(34(3)4)19-11-17-12-20-25(35(5)6)28(38)24(31(33)41)30(40)32(20,42)29(39)22(17)27(37)23(19)26(16)36/h10,13,17,20,25,36-37,40,42H,7-9,11-12H2,1-6H3,(H2,33,41)/t17-,20-,25-,32-/m0/s1. The second kappa shape index (κ2) is 10.6. The van der Waals surface area contributed by atoms with E-state index in [-0.39, 0.29) is 29.7 Å². The Morgan fingerprint density at radius 1 is 1.09 bits per heavy atom. The molecule has 11 nitrogen and oxygen atoms in total. The summed E-state index contributed by atoms with van der Waals surface area (Å²) in [5.41, 5.74) is 4.88. The number of phenols is 1. The van der Waals surface area contributed by atoms with Crippen LogP contribution < -0.4 is 10.6 Å². The number of likely N-dealkylation sites (N-methyl/N-ethyl adjacent to an activating group) is 1. The van der Waals surface area contributed by atoms with Gasteiger partial charge < -0.3 is 35.5 Å². The summed E-state index contributed by atoms with van der Waals surface area (Å²) in [6.07, 6.45) is 2.04. The van der Waals surface area contributed by atoms with Gasteiger partial charge in [-0.25, -0.2) is 0 Å². The molecule has 3 aliphatic carbocycles. The number of aromatic hydroxyl groups is 1. The molecule has 5 rings (SSSR count). The van der Waals surface area contributed by atoms with Crippen LogP contribution in [0.15, 0.2) is 33.5 Å². The van der Waals surface area contributed by atoms with Gasteiger partial charge in [0.15, 0.2) is 11.4 Å². The molecule has 1 fully saturated rings. The molecule has 0 unspecified atom stereocenters. The van der Waals surface area contributed by atoms with Gasteiger partial charge in [0.1, 0.15) is 34.4 Å². The molecule has 1 heterocycles. The van der Waals surface area contributed by atoms with Crippen molar-refractivity contribution in [2.24, 2.45) is 17.6 Å². The van der Waals surface area contributed by atoms with Gasteiger partial charge in [-0.1, -0.05) is 0 Å². The zero-order valence-electron chi connectivity index (χ0n) is 25.3. The number of fused-ring (bicyclic) bond motifs is 3. The van der Waals surface area contributed by atoms with Crippen molar-refractivity contribution in [3.8, 4) is 5.75 Å². The molecule has 0 spiro atoms. The first kappa shape index (κ1) is 30.4. The van der Waals surface area contributed by atoms with Gasteiger partial charge in [-0.05, 0) is 88.4 Å². The van der Waals surface area contributed by atoms with Crippen LogP contribution in [0.2, 0.25) is 0 Å². The van der Waals surface area contributed by atoms with Crippen molar-refractivity contribution in [1.29, 1.82) is 0 Å². The SMILES string of the molecule is Cc1cc(CCCc2cc(N(C)C)c3c(c2O)C(O)=C2C(=O)[C@]4(O)C(O)=C(C(N)=O)C(=O)[C@@H](N(C)C)[C@@H]4C[C@@H]2C3)oc1C. The molecule has 0 radical (unpaired) electrons. The van der Waals surface area contributed by atoms with E-state index >= 15 is 0 Å². The zero-order valence-corrected chi connectivity index (χ0v) is 25.3. The molecule has 1 saturated carbocycles. The van der Waals surface area contributed by atoms with E-state index in [1.807, 2.05) is 45.0 Å². The monoisotopic (exact) mass is 593 g/mol. The van der Waals surface area contributed by atoms with E-state index < -0.39 is 58.0 Å². The minimum absolute atomic E-state index is 0.0448. The smallest absolute Gasteiger partial charge is 0.255 e. The van der Waals surface area contributed by atoms with Crippen LogP contribution in [0.5, 0.6) is 5.75 Å². The lowest BCUT2D eigenvalue weighted by molar-refractivity contribution is -0.153. The molecule has 4 atom stereocenters. The third-order valence-corrected chi connectivity index (χ3v) is 9.34. The number of ketones is 2. The highest BCUT2D eigenvalue weighted by Crippen LogP contribution is 2.54. The summed E-state index contributed by atoms with van der Waals surface area (Å²) in [6.45, 7) is 3.88. The third-order valence-electron chi connectivity index (χ3n) is 9.34. The fourth-order valence-corrected chi connectivity index (χ4v) is 7.16. The van der Waals surface area contributed by atoms with E-state index in [0.717, 1.165) is 22.8 Å². The largest absolute Gasteiger partial charge is 0.508 e. The first-order chi connectivity index (χ1) is 20.1. The molecule has 0 saturated heterocycles. The number of anilines is 1. The second-order valence-corrected chi connectivity index (χ2v) is 12.4. The van der Waals surface area contributed by atoms with Crippen molar-refractivity contribution < 1.29 is 39.2 Å². The highest BCUT2D eigenvalue weighted by atomic mass is 16.4. The number of aliphatic hydroxyl groups is 3. The number of furan rings is 1. The number of carbonyl (C=O) groups is 3. The molecule has 1 aromatic carbocycles. The summed E-state index contributed by atoms with van der Waals surface area (Å²) in [4.78, 5) is 42.9. The van der Waals surface area contributed by atoms with Gasteiger partial charge >= 0.3 is 0 Å². The number of hydrogen-bond acceptors (Lipinski definition) is 10. The molecular formula is C32H39N3O8. The summed E-state index contributed by atoms with van der Waals surface area (Å²) >= 11 is 0. The van der Waals surface area contributed by atoms with Gasteiger partial charge in [0.25, 0.3) is 5.91 Å². The van der Waals surface area contributed by atoms with Crippen molar-refractivity contribution in [2.45, 2.75) is 57.6 Å². The quantitative estimate of drug-likeness (QED) is 0.300. The zero-order chi connectivity index (χ0) is 31.7. The number of nitrogens with two attached hydrogens (primary N) is 1. The van der Waals surface area contributed by atoms with Gasteiger partial charge in [0, 0.05) is 37.7 Å². The summed E-state index contributed by atoms with van der Waals surface area (Å²) in [5, 5.41) is 46.0. The molecule has 230 valence electrons. The normalized spacial score (nSPS) is 25.2. The predicted octanol–water partition coefficient (Wildman–Crippen LogP) is 2.42. The Bertz CT molecular complexity index is 1590. The minimum atomic E-state index is -2.67. The lowest BCUT2D eigenvalue weighted by Gasteiger charge is -2.50. The van der Waals surface area contributed by atoms with E-state index in [1.165, 1.54) is 4.90 Å². The van der Waals surface area contributed by atoms with E-state index in [9.17, 15) is 34.8 Å². The number of hydrogen-bond donors (Lipinski definition) is 5. The summed E-state index contributed by atoms with van der Waals surface area (Å²) in [5.74, 6) is -4.86. The van der Waals surface area contributed by atoms with Gasteiger partial charge in [0.05, 0.1) is 11.6 Å². The van der Waals surface area contributed by atoms with Crippen LogP contribution in [-0.2, 0) is 33.6 Å². The fourth-order valence-electron chi connectivity index (χ4n) is 7.16. The molecule has 1 amide bonds. The van der Waals surface area contributed by atoms with Crippen LogP contribution in [0.25, 0.3) is 5.76 Å². The van der Waals surface area contributed by atoms with Crippen LogP contribution in [0, 0.1) is 25.7 Å². The second-order valence-electron chi connectivity index (χ2n) is 12.4. The number of Topliss-reactive ketones (excluding diaryl/α,β-unsaturated/α-hetero) is 2. The number of nitrogens with zero attached hydrogens (tertiary/aromatic N) is 2. The number of aryl methyl sites for hydroxylation is 4. The van der Waals surface area contributed by atoms with E-state index in [0.29, 0.717) is 30.4 Å². The van der Waals surface area contributed by atoms with Crippen LogP contribution >= 0.6 is 0 Å². The van der Waals surface area contributed by atoms with Crippen molar-refractivity contribution in [3.63, 3.8) is 0 Å². The molecule has 0 bridgehead atoms. The van der Waals surface area contributed by atoms with Crippen LogP contribution in [0.4, 0.5) is 5.69 Å². The predicted molar refractivity (Wildman–Crippen MR) is 159 cm³/mol. The maximum Gasteiger partial charge on any atom is 0.255 e. The van der Waals surface area contributed by atoms with Crippen molar-refractivity contribution in [1.82, 2.24) is 4.90 Å². The van der Waals surface area contributed by atoms with Gasteiger partial charge in [-0.3, -0.25) is 19.3 Å². The van der Waals surface area contributed by atoms with E-state index in [4.69, 9.17) is 10.2 Å². The Balaban J connectivity index is 1.61. The van der Waals surface area contributed by atoms with Gasteiger partial charge in [-0.2, -0.15) is 0 Å². The summed E-state index contributed by atoms with van der Waals surface area (Å²) < 4.78 is 5.78. The average molecular weight is 594 g/mol. The average Bonchev–Trinajstić information content (AvgIpc) is 3.23. The third kappa shape index (κ3) is 4.53. The Morgan fingerprint density at radius 3 is 2.33 bits per heavy atom. The molecule has 11 heteroatoms. The molecule has 1 aromatic heterocycles. The molecular weight excluding hydrogens is 554 g/mol. The Labute approximate surface area is 249 Å². The highest BCUT2D eigenvalue weighted by molar-refractivity contribution is 6.24. The number of primary amides is 1. The number of carbonyl (C=O) groups excluding carboxylic acids is 3. The Kier molecular flexibility index (Phi) is 7.46. The first-order valence-electron chi connectivity index (χ1n) is 14.4. The number of amides is 1. The van der Waals surface area contributed by atoms with E-state index in [2.05, 4.69) is 0 Å². The van der Waals surface area contributed by atoms with Gasteiger partial charge in [0.2, 0.25) is 5.78 Å². The van der Waals surface area contributed by atoms with Crippen LogP contribution in [0.1, 0.15) is 46.6 Å². The van der Waals surface area contributed by atoms with Crippen LogP contribution in [0.3, 0.4) is 0 Å². The number of benzene rings is 1. The van der Waals surface area contributed by atoms with Crippen molar-refractivity contribution >= 4 is 28.9 Å². The number of rotatable bonds is 7. The maximum atomic E-state index is 14.1.